The van der Waals surface area contributed by atoms with Gasteiger partial charge in [-0.2, -0.15) is 0 Å². The first-order chi connectivity index (χ1) is 15.2. The number of sulfonamides is 1. The summed E-state index contributed by atoms with van der Waals surface area (Å²) in [6, 6.07) is 22.3. The lowest BCUT2D eigenvalue weighted by molar-refractivity contribution is 0.0940. The molecule has 0 saturated carbocycles. The number of nitrogens with one attached hydrogen (secondary N) is 2. The maximum Gasteiger partial charge on any atom is 0.255 e. The van der Waals surface area contributed by atoms with Crippen molar-refractivity contribution in [3.8, 4) is 0 Å². The Labute approximate surface area is 188 Å². The van der Waals surface area contributed by atoms with Gasteiger partial charge in [0.2, 0.25) is 10.0 Å². The highest BCUT2D eigenvalue weighted by Gasteiger charge is 2.17. The zero-order valence-corrected chi connectivity index (χ0v) is 18.9. The van der Waals surface area contributed by atoms with E-state index in [9.17, 15) is 18.0 Å². The van der Waals surface area contributed by atoms with Crippen LogP contribution in [0.1, 0.15) is 39.2 Å². The van der Waals surface area contributed by atoms with Gasteiger partial charge < -0.3 is 10.6 Å². The number of anilines is 2. The Morgan fingerprint density at radius 2 is 1.44 bits per heavy atom. The molecule has 0 spiro atoms. The fourth-order valence-electron chi connectivity index (χ4n) is 3.10. The Kier molecular flexibility index (Phi) is 6.95. The minimum Gasteiger partial charge on any atom is -0.345 e. The van der Waals surface area contributed by atoms with E-state index in [0.29, 0.717) is 22.5 Å². The van der Waals surface area contributed by atoms with Crippen LogP contribution in [0.3, 0.4) is 0 Å². The van der Waals surface area contributed by atoms with Crippen molar-refractivity contribution in [2.24, 2.45) is 0 Å². The average molecular weight is 452 g/mol. The first-order valence-corrected chi connectivity index (χ1v) is 11.8. The molecule has 0 aromatic heterocycles. The van der Waals surface area contributed by atoms with E-state index in [1.807, 2.05) is 37.3 Å². The molecule has 7 nitrogen and oxygen atoms in total. The molecular weight excluding hydrogens is 426 g/mol. The molecular formula is C24H25N3O4S. The fourth-order valence-corrected chi connectivity index (χ4v) is 3.60. The molecule has 166 valence electrons. The van der Waals surface area contributed by atoms with Gasteiger partial charge in [-0.05, 0) is 48.9 Å². The molecule has 2 N–H and O–H groups in total. The summed E-state index contributed by atoms with van der Waals surface area (Å²) in [4.78, 5) is 25.6. The van der Waals surface area contributed by atoms with Gasteiger partial charge in [-0.25, -0.2) is 8.42 Å². The first-order valence-electron chi connectivity index (χ1n) is 9.97. The summed E-state index contributed by atoms with van der Waals surface area (Å²) in [7, 11) is -1.95. The molecule has 0 fully saturated rings. The molecule has 0 bridgehead atoms. The zero-order chi connectivity index (χ0) is 23.3. The van der Waals surface area contributed by atoms with Crippen molar-refractivity contribution in [1.29, 1.82) is 0 Å². The van der Waals surface area contributed by atoms with Gasteiger partial charge in [-0.3, -0.25) is 13.9 Å². The molecule has 1 atom stereocenters. The van der Waals surface area contributed by atoms with Crippen molar-refractivity contribution in [3.05, 3.63) is 95.6 Å². The van der Waals surface area contributed by atoms with Gasteiger partial charge in [-0.15, -0.1) is 0 Å². The number of hydrogen-bond donors (Lipinski definition) is 2. The van der Waals surface area contributed by atoms with Crippen LogP contribution in [-0.2, 0) is 10.0 Å². The van der Waals surface area contributed by atoms with E-state index in [1.54, 1.807) is 36.4 Å². The SMILES string of the molecule is CC(NC(=O)c1ccccc1NC(=O)c1ccc(N(C)S(C)(=O)=O)cc1)c1ccccc1. The number of carbonyl (C=O) groups is 2. The van der Waals surface area contributed by atoms with Crippen molar-refractivity contribution < 1.29 is 18.0 Å². The van der Waals surface area contributed by atoms with E-state index < -0.39 is 15.9 Å². The van der Waals surface area contributed by atoms with Crippen molar-refractivity contribution >= 4 is 33.2 Å². The topological polar surface area (TPSA) is 95.6 Å². The standard InChI is InChI=1S/C24H25N3O4S/c1-17(18-9-5-4-6-10-18)25-24(29)21-11-7-8-12-22(21)26-23(28)19-13-15-20(16-14-19)27(2)32(3,30)31/h4-17H,1-3H3,(H,25,29)(H,26,28). The first kappa shape index (κ1) is 23.0. The Morgan fingerprint density at radius 3 is 2.06 bits per heavy atom. The highest BCUT2D eigenvalue weighted by atomic mass is 32.2. The van der Waals surface area contributed by atoms with Crippen molar-refractivity contribution in [1.82, 2.24) is 5.32 Å². The molecule has 0 aliphatic rings. The van der Waals surface area contributed by atoms with Gasteiger partial charge in [0.05, 0.1) is 29.2 Å². The number of benzene rings is 3. The van der Waals surface area contributed by atoms with E-state index in [-0.39, 0.29) is 11.9 Å². The summed E-state index contributed by atoms with van der Waals surface area (Å²) in [6.07, 6.45) is 1.11. The summed E-state index contributed by atoms with van der Waals surface area (Å²) in [5.74, 6) is -0.711. The lowest BCUT2D eigenvalue weighted by atomic mass is 10.1. The molecule has 8 heteroatoms. The number of hydrogen-bond acceptors (Lipinski definition) is 4. The normalized spacial score (nSPS) is 12.0. The largest absolute Gasteiger partial charge is 0.345 e. The van der Waals surface area contributed by atoms with E-state index in [1.165, 1.54) is 19.2 Å². The van der Waals surface area contributed by atoms with Crippen molar-refractivity contribution in [2.75, 3.05) is 22.9 Å². The summed E-state index contributed by atoms with van der Waals surface area (Å²) in [6.45, 7) is 1.89. The highest BCUT2D eigenvalue weighted by molar-refractivity contribution is 7.92. The van der Waals surface area contributed by atoms with Gasteiger partial charge >= 0.3 is 0 Å². The van der Waals surface area contributed by atoms with Gasteiger partial charge in [0.25, 0.3) is 11.8 Å². The van der Waals surface area contributed by atoms with Crippen molar-refractivity contribution in [3.63, 3.8) is 0 Å². The second kappa shape index (κ2) is 9.65. The van der Waals surface area contributed by atoms with E-state index >= 15 is 0 Å². The summed E-state index contributed by atoms with van der Waals surface area (Å²) in [5, 5.41) is 5.72. The third-order valence-corrected chi connectivity index (χ3v) is 6.26. The Hall–Kier alpha value is -3.65. The molecule has 32 heavy (non-hydrogen) atoms. The van der Waals surface area contributed by atoms with Crippen LogP contribution in [0.25, 0.3) is 0 Å². The highest BCUT2D eigenvalue weighted by Crippen LogP contribution is 2.20. The van der Waals surface area contributed by atoms with Crippen LogP contribution in [0.4, 0.5) is 11.4 Å². The second-order valence-corrected chi connectivity index (χ2v) is 9.40. The van der Waals surface area contributed by atoms with E-state index in [0.717, 1.165) is 16.1 Å². The van der Waals surface area contributed by atoms with E-state index in [2.05, 4.69) is 10.6 Å². The lowest BCUT2D eigenvalue weighted by Gasteiger charge is -2.17. The third kappa shape index (κ3) is 5.53. The average Bonchev–Trinajstić information content (AvgIpc) is 2.79. The van der Waals surface area contributed by atoms with E-state index in [4.69, 9.17) is 0 Å². The maximum absolute atomic E-state index is 12.9. The third-order valence-electron chi connectivity index (χ3n) is 5.06. The summed E-state index contributed by atoms with van der Waals surface area (Å²) in [5.41, 5.74) is 2.48. The molecule has 0 aliphatic heterocycles. The number of nitrogens with zero attached hydrogens (tertiary/aromatic N) is 1. The quantitative estimate of drug-likeness (QED) is 0.571. The minimum absolute atomic E-state index is 0.202. The van der Waals surface area contributed by atoms with Gasteiger partial charge in [0.1, 0.15) is 0 Å². The Bertz CT molecular complexity index is 1210. The van der Waals surface area contributed by atoms with Gasteiger partial charge in [0.15, 0.2) is 0 Å². The fraction of sp³-hybridized carbons (Fsp3) is 0.167. The molecule has 3 aromatic rings. The summed E-state index contributed by atoms with van der Waals surface area (Å²) < 4.78 is 24.5. The van der Waals surface area contributed by atoms with Crippen LogP contribution in [0, 0.1) is 0 Å². The molecule has 3 aromatic carbocycles. The zero-order valence-electron chi connectivity index (χ0n) is 18.1. The van der Waals surface area contributed by atoms with Crippen LogP contribution in [0.5, 0.6) is 0 Å². The summed E-state index contributed by atoms with van der Waals surface area (Å²) >= 11 is 0. The number of rotatable bonds is 7. The Balaban J connectivity index is 1.74. The van der Waals surface area contributed by atoms with Crippen LogP contribution < -0.4 is 14.9 Å². The van der Waals surface area contributed by atoms with Gasteiger partial charge in [0, 0.05) is 12.6 Å². The molecule has 2 amide bonds. The Morgan fingerprint density at radius 1 is 0.844 bits per heavy atom. The predicted octanol–water partition coefficient (Wildman–Crippen LogP) is 3.83. The van der Waals surface area contributed by atoms with Gasteiger partial charge in [-0.1, -0.05) is 42.5 Å². The van der Waals surface area contributed by atoms with Crippen LogP contribution in [0.15, 0.2) is 78.9 Å². The van der Waals surface area contributed by atoms with Crippen LogP contribution in [0.2, 0.25) is 0 Å². The lowest BCUT2D eigenvalue weighted by Crippen LogP contribution is -2.28. The second-order valence-electron chi connectivity index (χ2n) is 7.38. The molecule has 0 aliphatic carbocycles. The van der Waals surface area contributed by atoms with Crippen LogP contribution >= 0.6 is 0 Å². The number of carbonyl (C=O) groups excluding carboxylic acids is 2. The molecule has 1 unspecified atom stereocenters. The molecule has 3 rings (SSSR count). The minimum atomic E-state index is -3.39. The molecule has 0 heterocycles. The predicted molar refractivity (Wildman–Crippen MR) is 126 cm³/mol. The monoisotopic (exact) mass is 451 g/mol. The number of amides is 2. The molecule has 0 saturated heterocycles. The smallest absolute Gasteiger partial charge is 0.255 e. The maximum atomic E-state index is 12.9. The van der Waals surface area contributed by atoms with Crippen LogP contribution in [-0.4, -0.2) is 33.5 Å². The number of para-hydroxylation sites is 1. The molecule has 0 radical (unpaired) electrons. The van der Waals surface area contributed by atoms with Crippen molar-refractivity contribution in [2.45, 2.75) is 13.0 Å².